The Morgan fingerprint density at radius 3 is 2.54 bits per heavy atom. The van der Waals surface area contributed by atoms with E-state index in [4.69, 9.17) is 9.47 Å². The van der Waals surface area contributed by atoms with E-state index in [9.17, 15) is 4.79 Å². The van der Waals surface area contributed by atoms with Crippen molar-refractivity contribution < 1.29 is 14.3 Å². The van der Waals surface area contributed by atoms with Gasteiger partial charge in [0.1, 0.15) is 18.1 Å². The van der Waals surface area contributed by atoms with Crippen molar-refractivity contribution in [1.82, 2.24) is 9.88 Å². The van der Waals surface area contributed by atoms with Gasteiger partial charge in [0.25, 0.3) is 5.91 Å². The van der Waals surface area contributed by atoms with Crippen molar-refractivity contribution in [3.8, 4) is 11.5 Å². The Hall–Kier alpha value is -2.83. The van der Waals surface area contributed by atoms with E-state index in [-0.39, 0.29) is 18.3 Å². The highest BCUT2D eigenvalue weighted by molar-refractivity contribution is 6.09. The molecule has 3 rings (SSSR count). The Bertz CT molecular complexity index is 930. The number of carbonyl (C=O) groups excluding carboxylic acids is 1. The predicted molar refractivity (Wildman–Crippen MR) is 114 cm³/mol. The van der Waals surface area contributed by atoms with Crippen molar-refractivity contribution in [3.63, 3.8) is 0 Å². The molecule has 7 heteroatoms. The van der Waals surface area contributed by atoms with E-state index in [1.54, 1.807) is 49.8 Å². The number of nitrogens with zero attached hydrogens (tertiary/aromatic N) is 2. The number of pyridine rings is 1. The standard InChI is InChI=1S/C21H23N3O3.ClH/c1-24(2)10-11-27-17-6-4-15(5-7-17)21(25)23-20-13-18(26-3)12-16-14-22-9-8-19(16)20;/h4-9,12-14H,10-11H2,1-3H3,(H,23,25);1H. The average Bonchev–Trinajstić information content (AvgIpc) is 2.68. The van der Waals surface area contributed by atoms with Crippen LogP contribution in [0, 0.1) is 0 Å². The van der Waals surface area contributed by atoms with Gasteiger partial charge in [0.15, 0.2) is 0 Å². The lowest BCUT2D eigenvalue weighted by molar-refractivity contribution is 0.102. The predicted octanol–water partition coefficient (Wildman–Crippen LogP) is 3.86. The highest BCUT2D eigenvalue weighted by Gasteiger charge is 2.11. The van der Waals surface area contributed by atoms with E-state index in [0.717, 1.165) is 23.1 Å². The number of benzene rings is 2. The molecule has 0 fully saturated rings. The molecule has 0 aliphatic carbocycles. The van der Waals surface area contributed by atoms with Crippen LogP contribution in [0.25, 0.3) is 10.8 Å². The van der Waals surface area contributed by atoms with Crippen molar-refractivity contribution in [3.05, 3.63) is 60.4 Å². The molecule has 6 nitrogen and oxygen atoms in total. The third kappa shape index (κ3) is 5.34. The van der Waals surface area contributed by atoms with Gasteiger partial charge in [-0.1, -0.05) is 0 Å². The largest absolute Gasteiger partial charge is 0.497 e. The van der Waals surface area contributed by atoms with Gasteiger partial charge in [0, 0.05) is 41.3 Å². The fourth-order valence-electron chi connectivity index (χ4n) is 2.65. The smallest absolute Gasteiger partial charge is 0.255 e. The molecule has 0 bridgehead atoms. The molecule has 0 aliphatic rings. The van der Waals surface area contributed by atoms with Gasteiger partial charge in [0.2, 0.25) is 0 Å². The minimum Gasteiger partial charge on any atom is -0.497 e. The molecule has 148 valence electrons. The second-order valence-corrected chi connectivity index (χ2v) is 6.40. The summed E-state index contributed by atoms with van der Waals surface area (Å²) < 4.78 is 11.0. The molecule has 1 amide bonds. The summed E-state index contributed by atoms with van der Waals surface area (Å²) >= 11 is 0. The van der Waals surface area contributed by atoms with Gasteiger partial charge in [-0.15, -0.1) is 12.4 Å². The van der Waals surface area contributed by atoms with Crippen molar-refractivity contribution in [2.24, 2.45) is 0 Å². The summed E-state index contributed by atoms with van der Waals surface area (Å²) in [5.74, 6) is 1.21. The minimum absolute atomic E-state index is 0. The van der Waals surface area contributed by atoms with E-state index in [2.05, 4.69) is 15.2 Å². The summed E-state index contributed by atoms with van der Waals surface area (Å²) in [6.07, 6.45) is 3.44. The van der Waals surface area contributed by atoms with Crippen molar-refractivity contribution >= 4 is 34.8 Å². The van der Waals surface area contributed by atoms with Crippen molar-refractivity contribution in [2.75, 3.05) is 39.7 Å². The number of amides is 1. The number of fused-ring (bicyclic) bond motifs is 1. The first-order valence-electron chi connectivity index (χ1n) is 8.67. The van der Waals surface area contributed by atoms with Crippen LogP contribution in [0.2, 0.25) is 0 Å². The van der Waals surface area contributed by atoms with Gasteiger partial charge in [-0.3, -0.25) is 9.78 Å². The van der Waals surface area contributed by atoms with E-state index >= 15 is 0 Å². The van der Waals surface area contributed by atoms with Gasteiger partial charge in [-0.25, -0.2) is 0 Å². The van der Waals surface area contributed by atoms with Crippen LogP contribution in [0.15, 0.2) is 54.9 Å². The zero-order chi connectivity index (χ0) is 19.2. The molecule has 0 spiro atoms. The maximum Gasteiger partial charge on any atom is 0.255 e. The number of hydrogen-bond donors (Lipinski definition) is 1. The van der Waals surface area contributed by atoms with Gasteiger partial charge < -0.3 is 19.7 Å². The topological polar surface area (TPSA) is 63.7 Å². The number of ether oxygens (including phenoxy) is 2. The normalized spacial score (nSPS) is 10.4. The molecule has 0 atom stereocenters. The van der Waals surface area contributed by atoms with Gasteiger partial charge in [0.05, 0.1) is 12.8 Å². The molecule has 3 aromatic rings. The molecule has 0 unspecified atom stereocenters. The minimum atomic E-state index is -0.193. The Kier molecular flexibility index (Phi) is 7.61. The molecule has 1 N–H and O–H groups in total. The second-order valence-electron chi connectivity index (χ2n) is 6.40. The number of rotatable bonds is 7. The van der Waals surface area contributed by atoms with Crippen LogP contribution in [0.5, 0.6) is 11.5 Å². The quantitative estimate of drug-likeness (QED) is 0.651. The molecular formula is C21H24ClN3O3. The highest BCUT2D eigenvalue weighted by atomic mass is 35.5. The Labute approximate surface area is 170 Å². The first-order chi connectivity index (χ1) is 13.1. The average molecular weight is 402 g/mol. The summed E-state index contributed by atoms with van der Waals surface area (Å²) in [5.41, 5.74) is 1.24. The van der Waals surface area contributed by atoms with Crippen LogP contribution in [0.3, 0.4) is 0 Å². The summed E-state index contributed by atoms with van der Waals surface area (Å²) in [5, 5.41) is 4.76. The molecule has 0 aliphatic heterocycles. The molecule has 28 heavy (non-hydrogen) atoms. The molecule has 0 saturated carbocycles. The third-order valence-corrected chi connectivity index (χ3v) is 4.13. The number of aromatic nitrogens is 1. The van der Waals surface area contributed by atoms with Gasteiger partial charge in [-0.2, -0.15) is 0 Å². The lowest BCUT2D eigenvalue weighted by Crippen LogP contribution is -2.19. The number of hydrogen-bond acceptors (Lipinski definition) is 5. The molecule has 0 saturated heterocycles. The Morgan fingerprint density at radius 1 is 1.11 bits per heavy atom. The van der Waals surface area contributed by atoms with Crippen LogP contribution >= 0.6 is 12.4 Å². The number of anilines is 1. The van der Waals surface area contributed by atoms with Crippen molar-refractivity contribution in [1.29, 1.82) is 0 Å². The number of methoxy groups -OCH3 is 1. The van der Waals surface area contributed by atoms with Crippen LogP contribution in [-0.2, 0) is 0 Å². The monoisotopic (exact) mass is 401 g/mol. The van der Waals surface area contributed by atoms with Crippen LogP contribution in [-0.4, -0.2) is 50.1 Å². The Balaban J connectivity index is 0.00000280. The first-order valence-corrected chi connectivity index (χ1v) is 8.67. The van der Waals surface area contributed by atoms with Crippen molar-refractivity contribution in [2.45, 2.75) is 0 Å². The van der Waals surface area contributed by atoms with Crippen LogP contribution < -0.4 is 14.8 Å². The molecule has 1 heterocycles. The Morgan fingerprint density at radius 2 is 1.86 bits per heavy atom. The van der Waals surface area contributed by atoms with Gasteiger partial charge in [-0.05, 0) is 50.5 Å². The fourth-order valence-corrected chi connectivity index (χ4v) is 2.65. The summed E-state index contributed by atoms with van der Waals surface area (Å²) in [7, 11) is 5.59. The van der Waals surface area contributed by atoms with E-state index < -0.39 is 0 Å². The third-order valence-electron chi connectivity index (χ3n) is 4.13. The highest BCUT2D eigenvalue weighted by Crippen LogP contribution is 2.29. The SMILES string of the molecule is COc1cc(NC(=O)c2ccc(OCCN(C)C)cc2)c2ccncc2c1.Cl. The summed E-state index contributed by atoms with van der Waals surface area (Å²) in [6.45, 7) is 1.43. The zero-order valence-corrected chi connectivity index (χ0v) is 17.0. The molecule has 2 aromatic carbocycles. The first kappa shape index (κ1) is 21.5. The van der Waals surface area contributed by atoms with Crippen LogP contribution in [0.1, 0.15) is 10.4 Å². The zero-order valence-electron chi connectivity index (χ0n) is 16.1. The fraction of sp³-hybridized carbons (Fsp3) is 0.238. The number of nitrogens with one attached hydrogen (secondary N) is 1. The number of likely N-dealkylation sites (N-methyl/N-ethyl adjacent to an activating group) is 1. The lowest BCUT2D eigenvalue weighted by atomic mass is 10.1. The maximum absolute atomic E-state index is 12.7. The summed E-state index contributed by atoms with van der Waals surface area (Å²) in [4.78, 5) is 18.8. The van der Waals surface area contributed by atoms with Crippen LogP contribution in [0.4, 0.5) is 5.69 Å². The molecule has 1 aromatic heterocycles. The number of halogens is 1. The van der Waals surface area contributed by atoms with E-state index in [1.165, 1.54) is 0 Å². The van der Waals surface area contributed by atoms with E-state index in [0.29, 0.717) is 23.6 Å². The summed E-state index contributed by atoms with van der Waals surface area (Å²) in [6, 6.07) is 12.7. The van der Waals surface area contributed by atoms with E-state index in [1.807, 2.05) is 26.2 Å². The molecular weight excluding hydrogens is 378 g/mol. The van der Waals surface area contributed by atoms with Gasteiger partial charge >= 0.3 is 0 Å². The lowest BCUT2D eigenvalue weighted by Gasteiger charge is -2.12. The second kappa shape index (κ2) is 9.92. The maximum atomic E-state index is 12.7. The molecule has 0 radical (unpaired) electrons. The number of carbonyl (C=O) groups is 1.